The Hall–Kier alpha value is -1.54. The molecule has 1 aliphatic heterocycles. The molecule has 0 aromatic carbocycles. The van der Waals surface area contributed by atoms with Gasteiger partial charge < -0.3 is 16.0 Å². The first kappa shape index (κ1) is 13.9. The summed E-state index contributed by atoms with van der Waals surface area (Å²) in [7, 11) is 1.57. The van der Waals surface area contributed by atoms with Crippen molar-refractivity contribution >= 4 is 29.3 Å². The Kier molecular flexibility index (Phi) is 4.80. The zero-order chi connectivity index (χ0) is 13.7. The van der Waals surface area contributed by atoms with Gasteiger partial charge in [-0.25, -0.2) is 0 Å². The number of aromatic nitrogens is 2. The van der Waals surface area contributed by atoms with Crippen LogP contribution in [-0.2, 0) is 16.1 Å². The van der Waals surface area contributed by atoms with Crippen molar-refractivity contribution in [2.24, 2.45) is 0 Å². The molecule has 2 heterocycles. The van der Waals surface area contributed by atoms with Gasteiger partial charge in [-0.3, -0.25) is 14.3 Å². The Balaban J connectivity index is 1.88. The van der Waals surface area contributed by atoms with Gasteiger partial charge in [-0.05, 0) is 0 Å². The van der Waals surface area contributed by atoms with Crippen LogP contribution in [0.5, 0.6) is 0 Å². The fraction of sp³-hybridized carbons (Fsp3) is 0.545. The van der Waals surface area contributed by atoms with Gasteiger partial charge in [-0.15, -0.1) is 0 Å². The SMILES string of the molecule is CNC(=O)Cn1cc(NC(=O)C2CSCCN2)cn1. The van der Waals surface area contributed by atoms with E-state index in [1.165, 1.54) is 10.9 Å². The number of anilines is 1. The molecule has 1 unspecified atom stereocenters. The summed E-state index contributed by atoms with van der Waals surface area (Å²) >= 11 is 1.76. The minimum atomic E-state index is -0.166. The van der Waals surface area contributed by atoms with Crippen molar-refractivity contribution in [1.82, 2.24) is 20.4 Å². The standard InChI is InChI=1S/C11H17N5O2S/c1-12-10(17)6-16-5-8(4-14-16)15-11(18)9-7-19-3-2-13-9/h4-5,9,13H,2-3,6-7H2,1H3,(H,12,17)(H,15,18). The topological polar surface area (TPSA) is 88.0 Å². The summed E-state index contributed by atoms with van der Waals surface area (Å²) in [6.45, 7) is 0.989. The van der Waals surface area contributed by atoms with Crippen molar-refractivity contribution in [1.29, 1.82) is 0 Å². The zero-order valence-corrected chi connectivity index (χ0v) is 11.5. The van der Waals surface area contributed by atoms with Crippen molar-refractivity contribution in [3.05, 3.63) is 12.4 Å². The summed E-state index contributed by atoms with van der Waals surface area (Å²) in [6, 6.07) is -0.166. The fourth-order valence-electron chi connectivity index (χ4n) is 1.70. The summed E-state index contributed by atoms with van der Waals surface area (Å²) in [5.41, 5.74) is 0.603. The number of carbonyl (C=O) groups is 2. The van der Waals surface area contributed by atoms with Gasteiger partial charge in [0, 0.05) is 31.3 Å². The Labute approximate surface area is 115 Å². The Bertz CT molecular complexity index is 456. The molecule has 7 nitrogen and oxygen atoms in total. The molecule has 19 heavy (non-hydrogen) atoms. The first-order valence-electron chi connectivity index (χ1n) is 6.04. The molecule has 2 amide bonds. The van der Waals surface area contributed by atoms with E-state index in [1.54, 1.807) is 25.0 Å². The third-order valence-electron chi connectivity index (χ3n) is 2.72. The predicted molar refractivity (Wildman–Crippen MR) is 74.0 cm³/mol. The Morgan fingerprint density at radius 3 is 3.16 bits per heavy atom. The molecule has 0 spiro atoms. The average molecular weight is 283 g/mol. The fourth-order valence-corrected chi connectivity index (χ4v) is 2.64. The number of nitrogens with zero attached hydrogens (tertiary/aromatic N) is 2. The lowest BCUT2D eigenvalue weighted by atomic mass is 10.3. The Morgan fingerprint density at radius 2 is 2.47 bits per heavy atom. The van der Waals surface area contributed by atoms with E-state index in [4.69, 9.17) is 0 Å². The van der Waals surface area contributed by atoms with Gasteiger partial charge in [-0.2, -0.15) is 16.9 Å². The van der Waals surface area contributed by atoms with Crippen LogP contribution in [0.2, 0.25) is 0 Å². The number of likely N-dealkylation sites (N-methyl/N-ethyl adjacent to an activating group) is 1. The molecule has 1 saturated heterocycles. The van der Waals surface area contributed by atoms with Crippen LogP contribution in [0.15, 0.2) is 12.4 Å². The highest BCUT2D eigenvalue weighted by atomic mass is 32.2. The summed E-state index contributed by atoms with van der Waals surface area (Å²) < 4.78 is 1.48. The summed E-state index contributed by atoms with van der Waals surface area (Å²) in [6.07, 6.45) is 3.18. The largest absolute Gasteiger partial charge is 0.358 e. The highest BCUT2D eigenvalue weighted by molar-refractivity contribution is 7.99. The minimum absolute atomic E-state index is 0.0632. The van der Waals surface area contributed by atoms with Gasteiger partial charge >= 0.3 is 0 Å². The minimum Gasteiger partial charge on any atom is -0.358 e. The summed E-state index contributed by atoms with van der Waals surface area (Å²) in [5.74, 6) is 1.62. The number of hydrogen-bond donors (Lipinski definition) is 3. The van der Waals surface area contributed by atoms with E-state index >= 15 is 0 Å². The normalized spacial score (nSPS) is 18.9. The second kappa shape index (κ2) is 6.58. The van der Waals surface area contributed by atoms with Crippen LogP contribution in [-0.4, -0.2) is 52.7 Å². The van der Waals surface area contributed by atoms with Gasteiger partial charge in [0.05, 0.1) is 17.9 Å². The van der Waals surface area contributed by atoms with Gasteiger partial charge in [-0.1, -0.05) is 0 Å². The average Bonchev–Trinajstić information content (AvgIpc) is 2.86. The lowest BCUT2D eigenvalue weighted by molar-refractivity contribution is -0.121. The molecule has 8 heteroatoms. The maximum Gasteiger partial charge on any atom is 0.242 e. The maximum absolute atomic E-state index is 12.0. The molecule has 1 aromatic rings. The lowest BCUT2D eigenvalue weighted by Gasteiger charge is -2.21. The maximum atomic E-state index is 12.0. The zero-order valence-electron chi connectivity index (χ0n) is 10.7. The van der Waals surface area contributed by atoms with Crippen LogP contribution in [0.4, 0.5) is 5.69 Å². The van der Waals surface area contributed by atoms with E-state index in [0.29, 0.717) is 5.69 Å². The quantitative estimate of drug-likeness (QED) is 0.678. The molecule has 0 bridgehead atoms. The molecule has 104 valence electrons. The van der Waals surface area contributed by atoms with Crippen LogP contribution in [0.3, 0.4) is 0 Å². The smallest absolute Gasteiger partial charge is 0.242 e. The first-order valence-corrected chi connectivity index (χ1v) is 7.19. The van der Waals surface area contributed by atoms with Crippen molar-refractivity contribution in [3.63, 3.8) is 0 Å². The van der Waals surface area contributed by atoms with Crippen molar-refractivity contribution in [3.8, 4) is 0 Å². The first-order chi connectivity index (χ1) is 9.19. The molecule has 1 aliphatic rings. The molecular formula is C11H17N5O2S. The van der Waals surface area contributed by atoms with E-state index in [-0.39, 0.29) is 24.4 Å². The highest BCUT2D eigenvalue weighted by Crippen LogP contribution is 2.11. The van der Waals surface area contributed by atoms with Crippen LogP contribution in [0, 0.1) is 0 Å². The number of rotatable bonds is 4. The molecule has 0 aliphatic carbocycles. The molecule has 1 fully saturated rings. The van der Waals surface area contributed by atoms with E-state index in [1.807, 2.05) is 0 Å². The third-order valence-corrected chi connectivity index (χ3v) is 3.79. The van der Waals surface area contributed by atoms with Crippen molar-refractivity contribution in [2.75, 3.05) is 30.4 Å². The second-order valence-electron chi connectivity index (χ2n) is 4.17. The van der Waals surface area contributed by atoms with E-state index in [0.717, 1.165) is 18.1 Å². The molecular weight excluding hydrogens is 266 g/mol. The number of nitrogens with one attached hydrogen (secondary N) is 3. The highest BCUT2D eigenvalue weighted by Gasteiger charge is 2.21. The second-order valence-corrected chi connectivity index (χ2v) is 5.32. The van der Waals surface area contributed by atoms with Crippen molar-refractivity contribution in [2.45, 2.75) is 12.6 Å². The number of hydrogen-bond acceptors (Lipinski definition) is 5. The Morgan fingerprint density at radius 1 is 1.63 bits per heavy atom. The summed E-state index contributed by atoms with van der Waals surface area (Å²) in [4.78, 5) is 23.1. The molecule has 1 atom stereocenters. The van der Waals surface area contributed by atoms with Crippen LogP contribution < -0.4 is 16.0 Å². The van der Waals surface area contributed by atoms with Gasteiger partial charge in [0.1, 0.15) is 6.54 Å². The third kappa shape index (κ3) is 3.97. The van der Waals surface area contributed by atoms with E-state index in [9.17, 15) is 9.59 Å². The molecule has 0 saturated carbocycles. The van der Waals surface area contributed by atoms with Gasteiger partial charge in [0.2, 0.25) is 11.8 Å². The summed E-state index contributed by atoms with van der Waals surface area (Å²) in [5, 5.41) is 12.5. The number of thioether (sulfide) groups is 1. The van der Waals surface area contributed by atoms with Gasteiger partial charge in [0.25, 0.3) is 0 Å². The van der Waals surface area contributed by atoms with Crippen molar-refractivity contribution < 1.29 is 9.59 Å². The van der Waals surface area contributed by atoms with E-state index < -0.39 is 0 Å². The van der Waals surface area contributed by atoms with Crippen LogP contribution >= 0.6 is 11.8 Å². The molecule has 1 aromatic heterocycles. The molecule has 2 rings (SSSR count). The van der Waals surface area contributed by atoms with Gasteiger partial charge in [0.15, 0.2) is 0 Å². The monoisotopic (exact) mass is 283 g/mol. The predicted octanol–water partition coefficient (Wildman–Crippen LogP) is -0.727. The number of carbonyl (C=O) groups excluding carboxylic acids is 2. The van der Waals surface area contributed by atoms with Crippen LogP contribution in [0.1, 0.15) is 0 Å². The van der Waals surface area contributed by atoms with Crippen LogP contribution in [0.25, 0.3) is 0 Å². The lowest BCUT2D eigenvalue weighted by Crippen LogP contribution is -2.46. The number of amides is 2. The van der Waals surface area contributed by atoms with E-state index in [2.05, 4.69) is 21.0 Å². The molecule has 3 N–H and O–H groups in total. The molecule has 0 radical (unpaired) electrons.